The molecular formula is C21H24N2O7S. The molecule has 31 heavy (non-hydrogen) atoms. The van der Waals surface area contributed by atoms with E-state index in [1.807, 2.05) is 0 Å². The number of rotatable bonds is 6. The zero-order chi connectivity index (χ0) is 23.1. The summed E-state index contributed by atoms with van der Waals surface area (Å²) in [7, 11) is -4.07. The zero-order valence-corrected chi connectivity index (χ0v) is 18.6. The molecule has 0 saturated carbocycles. The van der Waals surface area contributed by atoms with Crippen molar-refractivity contribution >= 4 is 43.6 Å². The molecule has 0 fully saturated rings. The summed E-state index contributed by atoms with van der Waals surface area (Å²) in [4.78, 5) is 22.9. The summed E-state index contributed by atoms with van der Waals surface area (Å²) in [5.41, 5.74) is -0.190. The molecule has 3 aromatic rings. The molecule has 0 radical (unpaired) electrons. The van der Waals surface area contributed by atoms with Crippen molar-refractivity contribution in [1.29, 1.82) is 0 Å². The molecule has 1 heterocycles. The number of nitrogens with zero attached hydrogens (tertiary/aromatic N) is 1. The van der Waals surface area contributed by atoms with Crippen LogP contribution in [0.2, 0.25) is 0 Å². The molecule has 1 aromatic heterocycles. The highest BCUT2D eigenvalue weighted by Gasteiger charge is 2.32. The molecule has 0 aliphatic carbocycles. The topological polar surface area (TPSA) is 129 Å². The molecule has 2 aromatic carbocycles. The third kappa shape index (κ3) is 4.86. The van der Waals surface area contributed by atoms with Crippen LogP contribution in [0.3, 0.4) is 0 Å². The number of carbonyl (C=O) groups is 1. The number of benzene rings is 2. The van der Waals surface area contributed by atoms with Crippen molar-refractivity contribution in [1.82, 2.24) is 4.72 Å². The fourth-order valence-electron chi connectivity index (χ4n) is 3.08. The van der Waals surface area contributed by atoms with Crippen LogP contribution < -0.4 is 4.72 Å². The van der Waals surface area contributed by atoms with E-state index in [9.17, 15) is 23.3 Å². The molecule has 1 unspecified atom stereocenters. The van der Waals surface area contributed by atoms with Crippen LogP contribution in [0.25, 0.3) is 21.9 Å². The van der Waals surface area contributed by atoms with Gasteiger partial charge in [-0.3, -0.25) is 14.9 Å². The van der Waals surface area contributed by atoms with Crippen molar-refractivity contribution in [3.63, 3.8) is 0 Å². The van der Waals surface area contributed by atoms with Crippen LogP contribution in [0.4, 0.5) is 5.69 Å². The van der Waals surface area contributed by atoms with Crippen LogP contribution in [-0.4, -0.2) is 31.0 Å². The van der Waals surface area contributed by atoms with Crippen LogP contribution in [0, 0.1) is 16.0 Å². The number of furan rings is 1. The van der Waals surface area contributed by atoms with E-state index >= 15 is 0 Å². The molecule has 0 bridgehead atoms. The van der Waals surface area contributed by atoms with Gasteiger partial charge in [-0.05, 0) is 44.9 Å². The van der Waals surface area contributed by atoms with E-state index in [1.165, 1.54) is 36.4 Å². The molecule has 0 amide bonds. The lowest BCUT2D eigenvalue weighted by molar-refractivity contribution is -0.384. The van der Waals surface area contributed by atoms with E-state index < -0.39 is 32.6 Å². The minimum Gasteiger partial charge on any atom is -0.459 e. The number of hydrogen-bond acceptors (Lipinski definition) is 7. The first kappa shape index (κ1) is 22.7. The average Bonchev–Trinajstić information content (AvgIpc) is 3.01. The van der Waals surface area contributed by atoms with Gasteiger partial charge in [0.25, 0.3) is 5.69 Å². The number of sulfonamides is 1. The van der Waals surface area contributed by atoms with Crippen molar-refractivity contribution in [2.45, 2.75) is 51.2 Å². The molecule has 0 spiro atoms. The minimum atomic E-state index is -4.07. The number of nitrogens with one attached hydrogen (secondary N) is 1. The van der Waals surface area contributed by atoms with Crippen molar-refractivity contribution in [3.05, 3.63) is 46.5 Å². The lowest BCUT2D eigenvalue weighted by atomic mass is 10.1. The van der Waals surface area contributed by atoms with Gasteiger partial charge in [-0.1, -0.05) is 13.8 Å². The number of nitro benzene ring substituents is 1. The SMILES string of the molecule is CC(C)C(NS(=O)(=O)c1ccc2c(c1)oc1ccc([N+](=O)[O-])cc12)C(=O)OC(C)(C)C. The third-order valence-electron chi connectivity index (χ3n) is 4.56. The number of ether oxygens (including phenoxy) is 1. The highest BCUT2D eigenvalue weighted by atomic mass is 32.2. The zero-order valence-electron chi connectivity index (χ0n) is 17.8. The van der Waals surface area contributed by atoms with Gasteiger partial charge in [-0.25, -0.2) is 8.42 Å². The first-order valence-corrected chi connectivity index (χ1v) is 11.1. The van der Waals surface area contributed by atoms with Crippen LogP contribution in [0.1, 0.15) is 34.6 Å². The Balaban J connectivity index is 1.98. The summed E-state index contributed by atoms with van der Waals surface area (Å²) in [6, 6.07) is 7.32. The predicted octanol–water partition coefficient (Wildman–Crippen LogP) is 4.14. The first-order chi connectivity index (χ1) is 14.3. The Labute approximate surface area is 179 Å². The highest BCUT2D eigenvalue weighted by Crippen LogP contribution is 2.32. The molecule has 166 valence electrons. The molecular weight excluding hydrogens is 424 g/mol. The van der Waals surface area contributed by atoms with Gasteiger partial charge in [-0.15, -0.1) is 0 Å². The smallest absolute Gasteiger partial charge is 0.324 e. The van der Waals surface area contributed by atoms with Gasteiger partial charge in [0.2, 0.25) is 10.0 Å². The lowest BCUT2D eigenvalue weighted by Crippen LogP contribution is -2.47. The second-order valence-electron chi connectivity index (χ2n) is 8.57. The van der Waals surface area contributed by atoms with Gasteiger partial charge >= 0.3 is 5.97 Å². The van der Waals surface area contributed by atoms with Crippen LogP contribution in [-0.2, 0) is 19.6 Å². The Morgan fingerprint density at radius 1 is 1.10 bits per heavy atom. The van der Waals surface area contributed by atoms with E-state index in [2.05, 4.69) is 4.72 Å². The Morgan fingerprint density at radius 2 is 1.77 bits per heavy atom. The minimum absolute atomic E-state index is 0.0919. The van der Waals surface area contributed by atoms with Crippen molar-refractivity contribution in [3.8, 4) is 0 Å². The summed E-state index contributed by atoms with van der Waals surface area (Å²) in [5, 5.41) is 12.1. The van der Waals surface area contributed by atoms with E-state index in [0.717, 1.165) is 0 Å². The summed E-state index contributed by atoms with van der Waals surface area (Å²) in [6.45, 7) is 8.54. The maximum atomic E-state index is 13.0. The molecule has 3 rings (SSSR count). The van der Waals surface area contributed by atoms with Crippen LogP contribution >= 0.6 is 0 Å². The predicted molar refractivity (Wildman–Crippen MR) is 115 cm³/mol. The normalized spacial score (nSPS) is 13.6. The number of esters is 1. The highest BCUT2D eigenvalue weighted by molar-refractivity contribution is 7.89. The van der Waals surface area contributed by atoms with Crippen molar-refractivity contribution in [2.75, 3.05) is 0 Å². The average molecular weight is 448 g/mol. The molecule has 0 aliphatic rings. The second-order valence-corrected chi connectivity index (χ2v) is 10.3. The monoisotopic (exact) mass is 448 g/mol. The Hall–Kier alpha value is -2.98. The van der Waals surface area contributed by atoms with Gasteiger partial charge in [-0.2, -0.15) is 4.72 Å². The molecule has 0 aliphatic heterocycles. The second kappa shape index (κ2) is 7.93. The third-order valence-corrected chi connectivity index (χ3v) is 6.00. The summed E-state index contributed by atoms with van der Waals surface area (Å²) >= 11 is 0. The molecule has 0 saturated heterocycles. The molecule has 1 atom stereocenters. The summed E-state index contributed by atoms with van der Waals surface area (Å²) in [6.07, 6.45) is 0. The maximum absolute atomic E-state index is 13.0. The number of non-ortho nitro benzene ring substituents is 1. The summed E-state index contributed by atoms with van der Waals surface area (Å²) in [5.74, 6) is -1.01. The molecule has 9 nitrogen and oxygen atoms in total. The van der Waals surface area contributed by atoms with Crippen LogP contribution in [0.15, 0.2) is 45.7 Å². The number of fused-ring (bicyclic) bond motifs is 3. The van der Waals surface area contributed by atoms with Gasteiger partial charge < -0.3 is 9.15 Å². The van der Waals surface area contributed by atoms with Gasteiger partial charge in [0.05, 0.1) is 9.82 Å². The maximum Gasteiger partial charge on any atom is 0.324 e. The van der Waals surface area contributed by atoms with E-state index in [0.29, 0.717) is 16.4 Å². The molecule has 10 heteroatoms. The first-order valence-electron chi connectivity index (χ1n) is 9.64. The standard InChI is InChI=1S/C21H24N2O7S/c1-12(2)19(20(24)30-21(3,4)5)22-31(27,28)14-7-8-15-16-10-13(23(25)26)6-9-17(16)29-18(15)11-14/h6-12,19,22H,1-5H3. The van der Waals surface area contributed by atoms with E-state index in [-0.39, 0.29) is 22.1 Å². The van der Waals surface area contributed by atoms with E-state index in [1.54, 1.807) is 34.6 Å². The summed E-state index contributed by atoms with van der Waals surface area (Å²) < 4.78 is 39.4. The Kier molecular flexibility index (Phi) is 5.81. The Morgan fingerprint density at radius 3 is 2.35 bits per heavy atom. The van der Waals surface area contributed by atoms with Crippen molar-refractivity contribution < 1.29 is 27.3 Å². The van der Waals surface area contributed by atoms with Gasteiger partial charge in [0, 0.05) is 29.0 Å². The van der Waals surface area contributed by atoms with Gasteiger partial charge in [0.1, 0.15) is 22.8 Å². The fraction of sp³-hybridized carbons (Fsp3) is 0.381. The number of hydrogen-bond donors (Lipinski definition) is 1. The fourth-order valence-corrected chi connectivity index (χ4v) is 4.43. The van der Waals surface area contributed by atoms with Gasteiger partial charge in [0.15, 0.2) is 0 Å². The van der Waals surface area contributed by atoms with Crippen molar-refractivity contribution in [2.24, 2.45) is 5.92 Å². The van der Waals surface area contributed by atoms with Crippen LogP contribution in [0.5, 0.6) is 0 Å². The quantitative estimate of drug-likeness (QED) is 0.341. The largest absolute Gasteiger partial charge is 0.459 e. The number of carbonyl (C=O) groups excluding carboxylic acids is 1. The van der Waals surface area contributed by atoms with E-state index in [4.69, 9.17) is 9.15 Å². The molecule has 1 N–H and O–H groups in total. The lowest BCUT2D eigenvalue weighted by Gasteiger charge is -2.26. The number of nitro groups is 1. The Bertz CT molecular complexity index is 1270.